The summed E-state index contributed by atoms with van der Waals surface area (Å²) in [5.74, 6) is 0.600. The number of benzene rings is 1. The van der Waals surface area contributed by atoms with Gasteiger partial charge in [0.15, 0.2) is 0 Å². The molecule has 0 amide bonds. The summed E-state index contributed by atoms with van der Waals surface area (Å²) in [6.45, 7) is 0.541. The summed E-state index contributed by atoms with van der Waals surface area (Å²) in [6, 6.07) is 10.8. The molecule has 0 bridgehead atoms. The van der Waals surface area contributed by atoms with Crippen molar-refractivity contribution in [2.75, 3.05) is 11.9 Å². The average molecular weight is 347 g/mol. The Labute approximate surface area is 129 Å². The molecule has 0 radical (unpaired) electrons. The number of nitro groups is 1. The highest BCUT2D eigenvalue weighted by Crippen LogP contribution is 2.27. The predicted octanol–water partition coefficient (Wildman–Crippen LogP) is 3.26. The lowest BCUT2D eigenvalue weighted by molar-refractivity contribution is -0.385. The Kier molecular flexibility index (Phi) is 4.50. The van der Waals surface area contributed by atoms with Crippen LogP contribution in [0.25, 0.3) is 0 Å². The molecule has 1 heterocycles. The second-order valence-electron chi connectivity index (χ2n) is 4.42. The van der Waals surface area contributed by atoms with Gasteiger partial charge in [-0.1, -0.05) is 12.1 Å². The summed E-state index contributed by atoms with van der Waals surface area (Å²) in [5, 5.41) is 19.6. The summed E-state index contributed by atoms with van der Waals surface area (Å²) < 4.78 is 0.552. The van der Waals surface area contributed by atoms with E-state index in [1.807, 2.05) is 24.1 Å². The maximum absolute atomic E-state index is 10.7. The van der Waals surface area contributed by atoms with Gasteiger partial charge in [0.05, 0.1) is 21.0 Å². The molecule has 0 unspecified atom stereocenters. The molecular weight excluding hydrogens is 336 g/mol. The van der Waals surface area contributed by atoms with E-state index in [-0.39, 0.29) is 5.69 Å². The highest BCUT2D eigenvalue weighted by Gasteiger charge is 2.13. The van der Waals surface area contributed by atoms with Crippen LogP contribution < -0.4 is 4.90 Å². The summed E-state index contributed by atoms with van der Waals surface area (Å²) in [6.07, 6.45) is 1.22. The van der Waals surface area contributed by atoms with Gasteiger partial charge < -0.3 is 4.90 Å². The minimum absolute atomic E-state index is 0.0643. The monoisotopic (exact) mass is 346 g/mol. The zero-order chi connectivity index (χ0) is 15.4. The second kappa shape index (κ2) is 6.33. The third-order valence-corrected chi connectivity index (χ3v) is 3.44. The molecule has 2 aromatic rings. The van der Waals surface area contributed by atoms with Gasteiger partial charge in [0, 0.05) is 19.7 Å². The van der Waals surface area contributed by atoms with Crippen molar-refractivity contribution in [2.24, 2.45) is 0 Å². The molecule has 2 rings (SSSR count). The van der Waals surface area contributed by atoms with Gasteiger partial charge in [0.25, 0.3) is 5.69 Å². The Morgan fingerprint density at radius 2 is 2.24 bits per heavy atom. The smallest absolute Gasteiger partial charge is 0.288 e. The van der Waals surface area contributed by atoms with Crippen molar-refractivity contribution >= 4 is 27.4 Å². The van der Waals surface area contributed by atoms with Crippen LogP contribution >= 0.6 is 15.9 Å². The van der Waals surface area contributed by atoms with Crippen molar-refractivity contribution in [2.45, 2.75) is 6.54 Å². The normalized spacial score (nSPS) is 9.95. The maximum Gasteiger partial charge on any atom is 0.288 e. The highest BCUT2D eigenvalue weighted by molar-refractivity contribution is 9.10. The van der Waals surface area contributed by atoms with Gasteiger partial charge in [-0.25, -0.2) is 4.98 Å². The summed E-state index contributed by atoms with van der Waals surface area (Å²) in [4.78, 5) is 16.2. The standard InChI is InChI=1S/C14H11BrN4O2/c1-18(9-11-4-2-3-10(5-11)7-16)14-13(15)6-12(8-17-14)19(20)21/h2-6,8H,9H2,1H3. The molecule has 0 N–H and O–H groups in total. The van der Waals surface area contributed by atoms with Crippen LogP contribution in [0.3, 0.4) is 0 Å². The molecule has 1 aromatic carbocycles. The molecule has 6 nitrogen and oxygen atoms in total. The Morgan fingerprint density at radius 3 is 2.86 bits per heavy atom. The van der Waals surface area contributed by atoms with Crippen molar-refractivity contribution in [3.63, 3.8) is 0 Å². The van der Waals surface area contributed by atoms with Crippen LogP contribution in [0, 0.1) is 21.4 Å². The van der Waals surface area contributed by atoms with Gasteiger partial charge in [0.1, 0.15) is 12.0 Å². The first kappa shape index (κ1) is 14.9. The minimum Gasteiger partial charge on any atom is -0.354 e. The topological polar surface area (TPSA) is 83.1 Å². The van der Waals surface area contributed by atoms with Crippen LogP contribution in [-0.2, 0) is 6.54 Å². The number of rotatable bonds is 4. The second-order valence-corrected chi connectivity index (χ2v) is 5.28. The van der Waals surface area contributed by atoms with Crippen molar-refractivity contribution in [1.29, 1.82) is 5.26 Å². The van der Waals surface area contributed by atoms with E-state index in [2.05, 4.69) is 27.0 Å². The molecule has 0 aliphatic heterocycles. The molecule has 0 spiro atoms. The van der Waals surface area contributed by atoms with E-state index in [0.717, 1.165) is 5.56 Å². The third-order valence-electron chi connectivity index (χ3n) is 2.86. The molecule has 0 fully saturated rings. The lowest BCUT2D eigenvalue weighted by atomic mass is 10.1. The van der Waals surface area contributed by atoms with Crippen LogP contribution in [0.5, 0.6) is 0 Å². The van der Waals surface area contributed by atoms with Gasteiger partial charge in [0.2, 0.25) is 0 Å². The van der Waals surface area contributed by atoms with E-state index in [1.165, 1.54) is 12.3 Å². The molecule has 0 atom stereocenters. The molecule has 1 aromatic heterocycles. The molecular formula is C14H11BrN4O2. The highest BCUT2D eigenvalue weighted by atomic mass is 79.9. The van der Waals surface area contributed by atoms with Crippen molar-refractivity contribution < 1.29 is 4.92 Å². The van der Waals surface area contributed by atoms with Gasteiger partial charge in [-0.05, 0) is 33.6 Å². The van der Waals surface area contributed by atoms with E-state index in [9.17, 15) is 10.1 Å². The zero-order valence-electron chi connectivity index (χ0n) is 11.2. The van der Waals surface area contributed by atoms with Gasteiger partial charge >= 0.3 is 0 Å². The number of anilines is 1. The molecule has 7 heteroatoms. The van der Waals surface area contributed by atoms with Crippen molar-refractivity contribution in [3.8, 4) is 6.07 Å². The van der Waals surface area contributed by atoms with E-state index in [4.69, 9.17) is 5.26 Å². The first-order chi connectivity index (χ1) is 10.0. The lowest BCUT2D eigenvalue weighted by Crippen LogP contribution is -2.18. The first-order valence-corrected chi connectivity index (χ1v) is 6.80. The number of nitrogens with zero attached hydrogens (tertiary/aromatic N) is 4. The van der Waals surface area contributed by atoms with E-state index in [1.54, 1.807) is 12.1 Å². The summed E-state index contributed by atoms with van der Waals surface area (Å²) in [5.41, 5.74) is 1.49. The van der Waals surface area contributed by atoms with Crippen LogP contribution in [-0.4, -0.2) is 17.0 Å². The van der Waals surface area contributed by atoms with Crippen LogP contribution in [0.4, 0.5) is 11.5 Å². The number of hydrogen-bond acceptors (Lipinski definition) is 5. The molecule has 0 saturated heterocycles. The zero-order valence-corrected chi connectivity index (χ0v) is 12.7. The largest absolute Gasteiger partial charge is 0.354 e. The summed E-state index contributed by atoms with van der Waals surface area (Å²) in [7, 11) is 1.83. The number of hydrogen-bond donors (Lipinski definition) is 0. The number of pyridine rings is 1. The number of aromatic nitrogens is 1. The van der Waals surface area contributed by atoms with Crippen LogP contribution in [0.15, 0.2) is 41.0 Å². The maximum atomic E-state index is 10.7. The third kappa shape index (κ3) is 3.55. The number of nitriles is 1. The van der Waals surface area contributed by atoms with E-state index in [0.29, 0.717) is 22.4 Å². The van der Waals surface area contributed by atoms with Crippen LogP contribution in [0.2, 0.25) is 0 Å². The van der Waals surface area contributed by atoms with E-state index >= 15 is 0 Å². The van der Waals surface area contributed by atoms with Crippen LogP contribution in [0.1, 0.15) is 11.1 Å². The lowest BCUT2D eigenvalue weighted by Gasteiger charge is -2.19. The molecule has 21 heavy (non-hydrogen) atoms. The fourth-order valence-corrected chi connectivity index (χ4v) is 2.53. The van der Waals surface area contributed by atoms with Gasteiger partial charge in [-0.3, -0.25) is 10.1 Å². The van der Waals surface area contributed by atoms with Crippen molar-refractivity contribution in [3.05, 3.63) is 62.2 Å². The Morgan fingerprint density at radius 1 is 1.48 bits per heavy atom. The SMILES string of the molecule is CN(Cc1cccc(C#N)c1)c1ncc([N+](=O)[O-])cc1Br. The molecule has 0 saturated carbocycles. The van der Waals surface area contributed by atoms with Crippen molar-refractivity contribution in [1.82, 2.24) is 4.98 Å². The minimum atomic E-state index is -0.488. The fourth-order valence-electron chi connectivity index (χ4n) is 1.89. The first-order valence-electron chi connectivity index (χ1n) is 6.01. The Balaban J connectivity index is 2.22. The predicted molar refractivity (Wildman–Crippen MR) is 81.9 cm³/mol. The van der Waals surface area contributed by atoms with Gasteiger partial charge in [-0.2, -0.15) is 5.26 Å². The quantitative estimate of drug-likeness (QED) is 0.626. The average Bonchev–Trinajstić information content (AvgIpc) is 2.47. The Hall–Kier alpha value is -2.46. The van der Waals surface area contributed by atoms with E-state index < -0.39 is 4.92 Å². The van der Waals surface area contributed by atoms with Gasteiger partial charge in [-0.15, -0.1) is 0 Å². The summed E-state index contributed by atoms with van der Waals surface area (Å²) >= 11 is 3.30. The fraction of sp³-hybridized carbons (Fsp3) is 0.143. The number of halogens is 1. The molecule has 0 aliphatic rings. The Bertz CT molecular complexity index is 727. The molecule has 0 aliphatic carbocycles. The molecule has 106 valence electrons.